The van der Waals surface area contributed by atoms with E-state index in [0.29, 0.717) is 5.41 Å². The van der Waals surface area contributed by atoms with Crippen LogP contribution < -0.4 is 5.32 Å². The topological polar surface area (TPSA) is 32.3 Å². The van der Waals surface area contributed by atoms with Gasteiger partial charge in [-0.3, -0.25) is 4.79 Å². The highest BCUT2D eigenvalue weighted by Crippen LogP contribution is 2.51. The first-order valence-electron chi connectivity index (χ1n) is 8.78. The lowest BCUT2D eigenvalue weighted by Crippen LogP contribution is -2.48. The highest BCUT2D eigenvalue weighted by molar-refractivity contribution is 5.73. The minimum atomic E-state index is 0.0868. The number of rotatable bonds is 2. The van der Waals surface area contributed by atoms with Crippen molar-refractivity contribution in [1.29, 1.82) is 0 Å². The fourth-order valence-corrected chi connectivity index (χ4v) is 4.81. The van der Waals surface area contributed by atoms with Crippen molar-refractivity contribution in [1.82, 2.24) is 10.2 Å². The molecule has 0 radical (unpaired) electrons. The first-order valence-corrected chi connectivity index (χ1v) is 8.78. The lowest BCUT2D eigenvalue weighted by molar-refractivity contribution is -0.119. The van der Waals surface area contributed by atoms with Crippen molar-refractivity contribution in [3.63, 3.8) is 0 Å². The molecule has 1 spiro atoms. The second-order valence-corrected chi connectivity index (χ2v) is 7.45. The van der Waals surface area contributed by atoms with E-state index in [-0.39, 0.29) is 11.9 Å². The number of amides is 1. The van der Waals surface area contributed by atoms with Crippen LogP contribution >= 0.6 is 0 Å². The fourth-order valence-electron chi connectivity index (χ4n) is 4.81. The smallest absolute Gasteiger partial charge is 0.217 e. The Kier molecular flexibility index (Phi) is 3.48. The van der Waals surface area contributed by atoms with E-state index < -0.39 is 0 Å². The summed E-state index contributed by atoms with van der Waals surface area (Å²) < 4.78 is 0. The maximum absolute atomic E-state index is 11.5. The van der Waals surface area contributed by atoms with Crippen molar-refractivity contribution in [3.8, 4) is 0 Å². The van der Waals surface area contributed by atoms with Gasteiger partial charge in [0.05, 0.1) is 6.04 Å². The number of piperidine rings is 1. The van der Waals surface area contributed by atoms with E-state index >= 15 is 0 Å². The third-order valence-corrected chi connectivity index (χ3v) is 6.23. The van der Waals surface area contributed by atoms with Gasteiger partial charge < -0.3 is 10.2 Å². The third kappa shape index (κ3) is 2.26. The molecule has 22 heavy (non-hydrogen) atoms. The molecule has 1 N–H and O–H groups in total. The van der Waals surface area contributed by atoms with Gasteiger partial charge in [-0.25, -0.2) is 0 Å². The Balaban J connectivity index is 1.56. The molecule has 1 aromatic rings. The van der Waals surface area contributed by atoms with Crippen molar-refractivity contribution in [2.45, 2.75) is 62.9 Å². The molecular weight excluding hydrogens is 272 g/mol. The normalized spacial score (nSPS) is 27.4. The Morgan fingerprint density at radius 3 is 2.59 bits per heavy atom. The molecule has 1 heterocycles. The summed E-state index contributed by atoms with van der Waals surface area (Å²) in [5, 5.41) is 3.17. The number of hydrogen-bond donors (Lipinski definition) is 1. The van der Waals surface area contributed by atoms with Gasteiger partial charge in [0.1, 0.15) is 0 Å². The third-order valence-electron chi connectivity index (χ3n) is 6.23. The van der Waals surface area contributed by atoms with Gasteiger partial charge in [-0.1, -0.05) is 30.7 Å². The minimum Gasteiger partial charge on any atom is -0.349 e. The molecule has 3 heteroatoms. The van der Waals surface area contributed by atoms with Crippen LogP contribution in [0.2, 0.25) is 0 Å². The maximum atomic E-state index is 11.5. The molecule has 1 saturated heterocycles. The quantitative estimate of drug-likeness (QED) is 0.909. The molecule has 1 amide bonds. The largest absolute Gasteiger partial charge is 0.349 e. The van der Waals surface area contributed by atoms with Crippen molar-refractivity contribution in [3.05, 3.63) is 35.4 Å². The summed E-state index contributed by atoms with van der Waals surface area (Å²) in [5.74, 6) is 0.0868. The number of benzene rings is 1. The first-order chi connectivity index (χ1) is 10.7. The van der Waals surface area contributed by atoms with Crippen LogP contribution in [0.25, 0.3) is 0 Å². The number of nitrogens with zero attached hydrogens (tertiary/aromatic N) is 1. The molecule has 2 fully saturated rings. The van der Waals surface area contributed by atoms with Crippen molar-refractivity contribution in [2.24, 2.45) is 0 Å². The second-order valence-electron chi connectivity index (χ2n) is 7.45. The molecule has 2 aliphatic carbocycles. The van der Waals surface area contributed by atoms with Crippen LogP contribution in [0.3, 0.4) is 0 Å². The Morgan fingerprint density at radius 1 is 1.23 bits per heavy atom. The van der Waals surface area contributed by atoms with Gasteiger partial charge in [-0.05, 0) is 56.3 Å². The Morgan fingerprint density at radius 2 is 1.95 bits per heavy atom. The number of carbonyl (C=O) groups excluding carboxylic acids is 1. The zero-order valence-corrected chi connectivity index (χ0v) is 13.5. The van der Waals surface area contributed by atoms with Gasteiger partial charge >= 0.3 is 0 Å². The number of fused-ring (bicyclic) bond motifs is 2. The predicted octanol–water partition coefficient (Wildman–Crippen LogP) is 3.15. The predicted molar refractivity (Wildman–Crippen MR) is 87.7 cm³/mol. The molecule has 1 aliphatic heterocycles. The van der Waals surface area contributed by atoms with E-state index in [2.05, 4.69) is 34.5 Å². The molecule has 4 rings (SSSR count). The van der Waals surface area contributed by atoms with Crippen LogP contribution in [-0.4, -0.2) is 29.9 Å². The Hall–Kier alpha value is -1.35. The van der Waals surface area contributed by atoms with Gasteiger partial charge in [0.25, 0.3) is 0 Å². The van der Waals surface area contributed by atoms with Crippen LogP contribution in [0, 0.1) is 0 Å². The SMILES string of the molecule is CC(=O)N[C@H]1CC2(CCN(C3CCC3)CC2)c2ccccc21. The summed E-state index contributed by atoms with van der Waals surface area (Å²) >= 11 is 0. The van der Waals surface area contributed by atoms with Crippen molar-refractivity contribution < 1.29 is 4.79 Å². The molecule has 118 valence electrons. The lowest BCUT2D eigenvalue weighted by Gasteiger charge is -2.46. The van der Waals surface area contributed by atoms with Gasteiger partial charge in [0.2, 0.25) is 5.91 Å². The van der Waals surface area contributed by atoms with Crippen LogP contribution in [0.15, 0.2) is 24.3 Å². The average molecular weight is 298 g/mol. The van der Waals surface area contributed by atoms with E-state index in [4.69, 9.17) is 0 Å². The van der Waals surface area contributed by atoms with E-state index in [1.165, 1.54) is 56.3 Å². The summed E-state index contributed by atoms with van der Waals surface area (Å²) in [7, 11) is 0. The molecule has 1 aromatic carbocycles. The minimum absolute atomic E-state index is 0.0868. The molecule has 1 saturated carbocycles. The van der Waals surface area contributed by atoms with E-state index in [0.717, 1.165) is 12.5 Å². The Bertz CT molecular complexity index is 571. The highest BCUT2D eigenvalue weighted by atomic mass is 16.1. The maximum Gasteiger partial charge on any atom is 0.217 e. The second kappa shape index (κ2) is 5.38. The van der Waals surface area contributed by atoms with Crippen molar-refractivity contribution >= 4 is 5.91 Å². The standard InChI is InChI=1S/C19H26N2O/c1-14(22)20-18-13-19(17-8-3-2-7-16(17)18)9-11-21(12-10-19)15-5-4-6-15/h2-3,7-8,15,18H,4-6,9-13H2,1H3,(H,20,22)/t18-/m0/s1. The lowest BCUT2D eigenvalue weighted by atomic mass is 9.73. The summed E-state index contributed by atoms with van der Waals surface area (Å²) in [6, 6.07) is 9.86. The van der Waals surface area contributed by atoms with Crippen LogP contribution in [0.1, 0.15) is 62.6 Å². The number of hydrogen-bond acceptors (Lipinski definition) is 2. The molecule has 0 unspecified atom stereocenters. The monoisotopic (exact) mass is 298 g/mol. The average Bonchev–Trinajstić information content (AvgIpc) is 2.74. The molecular formula is C19H26N2O. The number of likely N-dealkylation sites (tertiary alicyclic amines) is 1. The zero-order valence-electron chi connectivity index (χ0n) is 13.5. The summed E-state index contributed by atoms with van der Waals surface area (Å²) in [6.45, 7) is 4.09. The molecule has 3 nitrogen and oxygen atoms in total. The molecule has 3 aliphatic rings. The summed E-state index contributed by atoms with van der Waals surface area (Å²) in [5.41, 5.74) is 3.15. The Labute approximate surface area is 133 Å². The number of carbonyl (C=O) groups is 1. The first kappa shape index (κ1) is 14.3. The van der Waals surface area contributed by atoms with E-state index in [1.54, 1.807) is 6.92 Å². The van der Waals surface area contributed by atoms with Crippen molar-refractivity contribution in [2.75, 3.05) is 13.1 Å². The van der Waals surface area contributed by atoms with Crippen LogP contribution in [-0.2, 0) is 10.2 Å². The highest BCUT2D eigenvalue weighted by Gasteiger charge is 2.46. The summed E-state index contributed by atoms with van der Waals surface area (Å²) in [6.07, 6.45) is 7.80. The van der Waals surface area contributed by atoms with Crippen LogP contribution in [0.4, 0.5) is 0 Å². The molecule has 1 atom stereocenters. The van der Waals surface area contributed by atoms with Gasteiger partial charge in [-0.15, -0.1) is 0 Å². The molecule has 0 aromatic heterocycles. The van der Waals surface area contributed by atoms with Gasteiger partial charge in [0, 0.05) is 18.4 Å². The summed E-state index contributed by atoms with van der Waals surface area (Å²) in [4.78, 5) is 14.3. The van der Waals surface area contributed by atoms with Gasteiger partial charge in [0.15, 0.2) is 0 Å². The van der Waals surface area contributed by atoms with Gasteiger partial charge in [-0.2, -0.15) is 0 Å². The number of nitrogens with one attached hydrogen (secondary N) is 1. The zero-order chi connectivity index (χ0) is 15.2. The van der Waals surface area contributed by atoms with E-state index in [9.17, 15) is 4.79 Å². The van der Waals surface area contributed by atoms with Crippen LogP contribution in [0.5, 0.6) is 0 Å². The van der Waals surface area contributed by atoms with E-state index in [1.807, 2.05) is 0 Å². The molecule has 0 bridgehead atoms. The fraction of sp³-hybridized carbons (Fsp3) is 0.632.